The monoisotopic (exact) mass is 421 g/mol. The molecule has 2 fully saturated rings. The molecule has 2 aliphatic heterocycles. The van der Waals surface area contributed by atoms with E-state index in [9.17, 15) is 8.42 Å². The molecule has 8 heteroatoms. The normalized spacial score (nSPS) is 22.1. The van der Waals surface area contributed by atoms with E-state index in [1.54, 1.807) is 4.31 Å². The van der Waals surface area contributed by atoms with Gasteiger partial charge >= 0.3 is 0 Å². The van der Waals surface area contributed by atoms with Gasteiger partial charge in [-0.05, 0) is 56.7 Å². The Kier molecular flexibility index (Phi) is 7.40. The molecule has 2 saturated heterocycles. The standard InChI is InChI=1S/C21H35N5O2S/c1-4-22-21(23-15-18-10-13-26(16-18)29(3,27)28)24-17(2)19-8-7-9-20(14-19)25-11-5-6-12-25/h7-9,14,17-18H,4-6,10-13,15-16H2,1-3H3,(H2,22,23,24). The molecule has 2 N–H and O–H groups in total. The zero-order valence-corrected chi connectivity index (χ0v) is 18.7. The molecule has 2 atom stereocenters. The van der Waals surface area contributed by atoms with Crippen molar-refractivity contribution in [2.24, 2.45) is 10.9 Å². The molecular formula is C21H35N5O2S. The van der Waals surface area contributed by atoms with Crippen LogP contribution in [0.15, 0.2) is 29.3 Å². The van der Waals surface area contributed by atoms with Crippen LogP contribution >= 0.6 is 0 Å². The molecule has 0 spiro atoms. The molecule has 7 nitrogen and oxygen atoms in total. The van der Waals surface area contributed by atoms with Crippen LogP contribution in [0.2, 0.25) is 0 Å². The number of hydrogen-bond donors (Lipinski definition) is 2. The molecule has 162 valence electrons. The van der Waals surface area contributed by atoms with Crippen molar-refractivity contribution >= 4 is 21.7 Å². The van der Waals surface area contributed by atoms with Gasteiger partial charge in [-0.15, -0.1) is 0 Å². The average molecular weight is 422 g/mol. The Morgan fingerprint density at radius 3 is 2.69 bits per heavy atom. The van der Waals surface area contributed by atoms with Crippen molar-refractivity contribution in [2.75, 3.05) is 50.4 Å². The van der Waals surface area contributed by atoms with E-state index in [0.717, 1.165) is 32.0 Å². The Morgan fingerprint density at radius 2 is 2.03 bits per heavy atom. The molecule has 0 aliphatic carbocycles. The summed E-state index contributed by atoms with van der Waals surface area (Å²) in [5.74, 6) is 1.05. The molecule has 3 rings (SSSR count). The van der Waals surface area contributed by atoms with Crippen molar-refractivity contribution in [3.8, 4) is 0 Å². The zero-order chi connectivity index (χ0) is 20.9. The Bertz CT molecular complexity index is 805. The maximum Gasteiger partial charge on any atom is 0.211 e. The fraction of sp³-hybridized carbons (Fsp3) is 0.667. The van der Waals surface area contributed by atoms with Gasteiger partial charge in [0, 0.05) is 45.0 Å². The van der Waals surface area contributed by atoms with Crippen molar-refractivity contribution in [1.29, 1.82) is 0 Å². The fourth-order valence-corrected chi connectivity index (χ4v) is 4.96. The lowest BCUT2D eigenvalue weighted by Gasteiger charge is -2.22. The second-order valence-corrected chi connectivity index (χ2v) is 10.1. The van der Waals surface area contributed by atoms with Crippen LogP contribution in [-0.4, -0.2) is 64.2 Å². The highest BCUT2D eigenvalue weighted by atomic mass is 32.2. The van der Waals surface area contributed by atoms with E-state index in [1.807, 2.05) is 0 Å². The first-order valence-electron chi connectivity index (χ1n) is 10.7. The van der Waals surface area contributed by atoms with Gasteiger partial charge in [0.2, 0.25) is 10.0 Å². The summed E-state index contributed by atoms with van der Waals surface area (Å²) in [5.41, 5.74) is 2.53. The number of rotatable bonds is 7. The third-order valence-electron chi connectivity index (χ3n) is 5.76. The van der Waals surface area contributed by atoms with Crippen molar-refractivity contribution in [1.82, 2.24) is 14.9 Å². The molecule has 0 aromatic heterocycles. The predicted molar refractivity (Wildman–Crippen MR) is 120 cm³/mol. The Balaban J connectivity index is 1.61. The summed E-state index contributed by atoms with van der Waals surface area (Å²) in [6.07, 6.45) is 4.69. The minimum Gasteiger partial charge on any atom is -0.372 e. The minimum absolute atomic E-state index is 0.131. The Hall–Kier alpha value is -1.80. The number of benzene rings is 1. The van der Waals surface area contributed by atoms with Gasteiger partial charge in [-0.2, -0.15) is 0 Å². The minimum atomic E-state index is -3.10. The number of sulfonamides is 1. The van der Waals surface area contributed by atoms with E-state index < -0.39 is 10.0 Å². The first-order valence-corrected chi connectivity index (χ1v) is 12.6. The van der Waals surface area contributed by atoms with Crippen LogP contribution in [0.25, 0.3) is 0 Å². The van der Waals surface area contributed by atoms with Gasteiger partial charge < -0.3 is 15.5 Å². The lowest BCUT2D eigenvalue weighted by Crippen LogP contribution is -2.39. The highest BCUT2D eigenvalue weighted by Crippen LogP contribution is 2.24. The quantitative estimate of drug-likeness (QED) is 0.521. The van der Waals surface area contributed by atoms with Gasteiger partial charge in [-0.25, -0.2) is 12.7 Å². The van der Waals surface area contributed by atoms with E-state index in [1.165, 1.54) is 30.3 Å². The Labute approximate surface area is 175 Å². The van der Waals surface area contributed by atoms with E-state index in [2.05, 4.69) is 53.6 Å². The largest absolute Gasteiger partial charge is 0.372 e. The maximum absolute atomic E-state index is 11.7. The topological polar surface area (TPSA) is 77.0 Å². The molecule has 1 aromatic rings. The molecule has 0 bridgehead atoms. The van der Waals surface area contributed by atoms with Gasteiger partial charge in [0.15, 0.2) is 5.96 Å². The summed E-state index contributed by atoms with van der Waals surface area (Å²) in [5, 5.41) is 6.82. The summed E-state index contributed by atoms with van der Waals surface area (Å²) in [4.78, 5) is 7.19. The van der Waals surface area contributed by atoms with Gasteiger partial charge in [-0.3, -0.25) is 4.99 Å². The third-order valence-corrected chi connectivity index (χ3v) is 7.03. The first-order chi connectivity index (χ1) is 13.9. The van der Waals surface area contributed by atoms with Crippen LogP contribution < -0.4 is 15.5 Å². The molecule has 2 aliphatic rings. The summed E-state index contributed by atoms with van der Waals surface area (Å²) in [7, 11) is -3.10. The van der Waals surface area contributed by atoms with Crippen LogP contribution in [0.5, 0.6) is 0 Å². The summed E-state index contributed by atoms with van der Waals surface area (Å²) in [6.45, 7) is 9.06. The fourth-order valence-electron chi connectivity index (χ4n) is 4.04. The lowest BCUT2D eigenvalue weighted by atomic mass is 10.1. The van der Waals surface area contributed by atoms with Crippen molar-refractivity contribution in [3.63, 3.8) is 0 Å². The van der Waals surface area contributed by atoms with Crippen molar-refractivity contribution in [2.45, 2.75) is 39.2 Å². The van der Waals surface area contributed by atoms with Gasteiger partial charge in [-0.1, -0.05) is 12.1 Å². The lowest BCUT2D eigenvalue weighted by molar-refractivity contribution is 0.463. The smallest absolute Gasteiger partial charge is 0.211 e. The van der Waals surface area contributed by atoms with E-state index in [-0.39, 0.29) is 12.0 Å². The SMILES string of the molecule is CCNC(=NCC1CCN(S(C)(=O)=O)C1)NC(C)c1cccc(N2CCCC2)c1. The molecular weight excluding hydrogens is 386 g/mol. The third kappa shape index (κ3) is 6.09. The van der Waals surface area contributed by atoms with Crippen LogP contribution in [-0.2, 0) is 10.0 Å². The molecule has 1 aromatic carbocycles. The van der Waals surface area contributed by atoms with E-state index in [4.69, 9.17) is 4.99 Å². The number of nitrogens with zero attached hydrogens (tertiary/aromatic N) is 3. The maximum atomic E-state index is 11.7. The predicted octanol–water partition coefficient (Wildman–Crippen LogP) is 2.18. The average Bonchev–Trinajstić information content (AvgIpc) is 3.38. The molecule has 2 unspecified atom stereocenters. The summed E-state index contributed by atoms with van der Waals surface area (Å²) < 4.78 is 25.0. The second-order valence-electron chi connectivity index (χ2n) is 8.15. The molecule has 2 heterocycles. The highest BCUT2D eigenvalue weighted by Gasteiger charge is 2.28. The van der Waals surface area contributed by atoms with Crippen LogP contribution in [0, 0.1) is 5.92 Å². The number of guanidine groups is 1. The van der Waals surface area contributed by atoms with Crippen LogP contribution in [0.4, 0.5) is 5.69 Å². The molecule has 0 saturated carbocycles. The Morgan fingerprint density at radius 1 is 1.28 bits per heavy atom. The first kappa shape index (κ1) is 21.9. The van der Waals surface area contributed by atoms with Crippen LogP contribution in [0.1, 0.15) is 44.7 Å². The summed E-state index contributed by atoms with van der Waals surface area (Å²) in [6, 6.07) is 8.87. The molecule has 0 amide bonds. The highest BCUT2D eigenvalue weighted by molar-refractivity contribution is 7.88. The molecule has 29 heavy (non-hydrogen) atoms. The van der Waals surface area contributed by atoms with Gasteiger partial charge in [0.05, 0.1) is 12.3 Å². The van der Waals surface area contributed by atoms with Gasteiger partial charge in [0.25, 0.3) is 0 Å². The van der Waals surface area contributed by atoms with Crippen LogP contribution in [0.3, 0.4) is 0 Å². The van der Waals surface area contributed by atoms with E-state index in [0.29, 0.717) is 19.6 Å². The molecule has 0 radical (unpaired) electrons. The zero-order valence-electron chi connectivity index (χ0n) is 17.9. The van der Waals surface area contributed by atoms with Crippen molar-refractivity contribution in [3.05, 3.63) is 29.8 Å². The number of hydrogen-bond acceptors (Lipinski definition) is 4. The number of anilines is 1. The summed E-state index contributed by atoms with van der Waals surface area (Å²) >= 11 is 0. The number of aliphatic imine (C=N–C) groups is 1. The van der Waals surface area contributed by atoms with Crippen molar-refractivity contribution < 1.29 is 8.42 Å². The number of nitrogens with one attached hydrogen (secondary N) is 2. The second kappa shape index (κ2) is 9.80. The van der Waals surface area contributed by atoms with Gasteiger partial charge in [0.1, 0.15) is 0 Å². The van der Waals surface area contributed by atoms with E-state index >= 15 is 0 Å².